The molecule has 0 atom stereocenters. The average molecular weight is 207 g/mol. The van der Waals surface area contributed by atoms with Crippen molar-refractivity contribution in [3.63, 3.8) is 0 Å². The van der Waals surface area contributed by atoms with Crippen LogP contribution >= 0.6 is 0 Å². The van der Waals surface area contributed by atoms with Gasteiger partial charge >= 0.3 is 0 Å². The molecule has 15 heavy (non-hydrogen) atoms. The zero-order valence-corrected chi connectivity index (χ0v) is 7.91. The molecule has 0 heterocycles. The fraction of sp³-hybridized carbons (Fsp3) is 0.143. The van der Waals surface area contributed by atoms with E-state index in [1.807, 2.05) is 0 Å². The second-order valence-corrected chi connectivity index (χ2v) is 2.81. The first-order chi connectivity index (χ1) is 11.6. The topological polar surface area (TPSA) is 12.0 Å². The van der Waals surface area contributed by atoms with Gasteiger partial charge in [-0.2, -0.15) is 0 Å². The molecule has 0 spiro atoms. The molecular formula is C14H15N. The predicted octanol–water partition coefficient (Wildman–Crippen LogP) is 2.98. The van der Waals surface area contributed by atoms with Crippen LogP contribution in [0.2, 0.25) is 0 Å². The molecule has 0 saturated heterocycles. The molecule has 0 fully saturated rings. The molecular weight excluding hydrogens is 182 g/mol. The van der Waals surface area contributed by atoms with Crippen LogP contribution in [0, 0.1) is 0 Å². The van der Waals surface area contributed by atoms with E-state index in [1.54, 1.807) is 0 Å². The van der Waals surface area contributed by atoms with Crippen LogP contribution < -0.4 is 5.32 Å². The van der Waals surface area contributed by atoms with E-state index in [1.165, 1.54) is 0 Å². The lowest BCUT2D eigenvalue weighted by atomic mass is 10.2. The summed E-state index contributed by atoms with van der Waals surface area (Å²) >= 11 is 0. The monoisotopic (exact) mass is 207 g/mol. The highest BCUT2D eigenvalue weighted by Gasteiger charge is 1.92. The van der Waals surface area contributed by atoms with Gasteiger partial charge < -0.3 is 5.32 Å². The Bertz CT molecular complexity index is 721. The summed E-state index contributed by atoms with van der Waals surface area (Å²) in [4.78, 5) is 0. The van der Waals surface area contributed by atoms with Gasteiger partial charge in [-0.15, -0.1) is 0 Å². The van der Waals surface area contributed by atoms with Crippen molar-refractivity contribution < 1.29 is 13.7 Å². The lowest BCUT2D eigenvalue weighted by Gasteiger charge is -2.04. The summed E-state index contributed by atoms with van der Waals surface area (Å²) < 4.78 is 76.9. The van der Waals surface area contributed by atoms with Crippen LogP contribution in [0.1, 0.15) is 24.8 Å². The number of benzene rings is 2. The Morgan fingerprint density at radius 2 is 1.13 bits per heavy atom. The summed E-state index contributed by atoms with van der Waals surface area (Å²) in [5, 5.41) is 2.79. The molecule has 2 aromatic rings. The van der Waals surface area contributed by atoms with Crippen LogP contribution in [-0.2, 0) is 13.1 Å². The highest BCUT2D eigenvalue weighted by atomic mass is 14.8. The molecule has 0 bridgehead atoms. The summed E-state index contributed by atoms with van der Waals surface area (Å²) in [5.41, 5.74) is 0.108. The number of nitrogens with one attached hydrogen (secondary N) is 1. The molecule has 1 heteroatoms. The van der Waals surface area contributed by atoms with Gasteiger partial charge in [-0.05, 0) is 11.1 Å². The minimum atomic E-state index is -0.482. The number of hydrogen-bond donors (Lipinski definition) is 1. The second kappa shape index (κ2) is 5.32. The summed E-state index contributed by atoms with van der Waals surface area (Å²) in [5.74, 6) is 0. The Balaban J connectivity index is 2.29. The fourth-order valence-corrected chi connectivity index (χ4v) is 1.04. The van der Waals surface area contributed by atoms with Gasteiger partial charge in [-0.1, -0.05) is 60.4 Å². The third-order valence-electron chi connectivity index (χ3n) is 1.71. The van der Waals surface area contributed by atoms with Crippen molar-refractivity contribution in [3.8, 4) is 0 Å². The van der Waals surface area contributed by atoms with Gasteiger partial charge in [0.25, 0.3) is 0 Å². The third kappa shape index (κ3) is 3.22. The Morgan fingerprint density at radius 3 is 1.53 bits per heavy atom. The summed E-state index contributed by atoms with van der Waals surface area (Å²) in [7, 11) is 0. The normalized spacial score (nSPS) is 19.5. The second-order valence-electron chi connectivity index (χ2n) is 2.81. The molecule has 2 rings (SSSR count). The van der Waals surface area contributed by atoms with E-state index < -0.39 is 36.3 Å². The van der Waals surface area contributed by atoms with Crippen molar-refractivity contribution in [1.29, 1.82) is 0 Å². The van der Waals surface area contributed by atoms with Gasteiger partial charge in [0.15, 0.2) is 0 Å². The molecule has 0 unspecified atom stereocenters. The van der Waals surface area contributed by atoms with Crippen molar-refractivity contribution in [2.24, 2.45) is 0 Å². The Labute approximate surface area is 105 Å². The minimum Gasteiger partial charge on any atom is -0.309 e. The number of rotatable bonds is 4. The van der Waals surface area contributed by atoms with Crippen molar-refractivity contribution in [2.75, 3.05) is 0 Å². The first-order valence-corrected chi connectivity index (χ1v) is 4.41. The number of hydrogen-bond acceptors (Lipinski definition) is 1. The van der Waals surface area contributed by atoms with Crippen molar-refractivity contribution in [1.82, 2.24) is 5.32 Å². The van der Waals surface area contributed by atoms with Crippen molar-refractivity contribution >= 4 is 0 Å². The van der Waals surface area contributed by atoms with E-state index >= 15 is 0 Å². The standard InChI is InChI=1S/C14H15N/c1-3-7-13(8-4-1)11-15-12-14-9-5-2-6-10-14/h1-10,15H,11-12H2/i1D,2D,3D,4D,5D,6D,7D,8D,9D,10D. The largest absolute Gasteiger partial charge is 0.309 e. The van der Waals surface area contributed by atoms with Crippen LogP contribution in [-0.4, -0.2) is 0 Å². The van der Waals surface area contributed by atoms with E-state index in [9.17, 15) is 0 Å². The van der Waals surface area contributed by atoms with E-state index in [0.29, 0.717) is 0 Å². The molecule has 1 N–H and O–H groups in total. The first kappa shape index (κ1) is 3.46. The van der Waals surface area contributed by atoms with E-state index in [-0.39, 0.29) is 48.4 Å². The first-order valence-electron chi connectivity index (χ1n) is 9.41. The third-order valence-corrected chi connectivity index (χ3v) is 1.71. The highest BCUT2D eigenvalue weighted by Crippen LogP contribution is 2.00. The van der Waals surface area contributed by atoms with Crippen molar-refractivity contribution in [2.45, 2.75) is 13.1 Å². The Kier molecular flexibility index (Phi) is 1.23. The van der Waals surface area contributed by atoms with Gasteiger partial charge in [0, 0.05) is 13.1 Å². The SMILES string of the molecule is [2H]c1c([2H])c([2H])c(CNCc2c([2H])c([2H])c([2H])c([2H])c2[2H])c([2H])c1[2H]. The van der Waals surface area contributed by atoms with E-state index in [4.69, 9.17) is 13.7 Å². The maximum absolute atomic E-state index is 7.83. The van der Waals surface area contributed by atoms with Crippen LogP contribution in [0.4, 0.5) is 0 Å². The smallest absolute Gasteiger partial charge is 0.0626 e. The fourth-order valence-electron chi connectivity index (χ4n) is 1.04. The van der Waals surface area contributed by atoms with E-state index in [2.05, 4.69) is 5.32 Å². The van der Waals surface area contributed by atoms with E-state index in [0.717, 1.165) is 0 Å². The quantitative estimate of drug-likeness (QED) is 0.812. The molecule has 0 aromatic heterocycles. The molecule has 0 radical (unpaired) electrons. The van der Waals surface area contributed by atoms with Gasteiger partial charge in [0.05, 0.1) is 13.7 Å². The van der Waals surface area contributed by atoms with Crippen LogP contribution in [0.15, 0.2) is 60.4 Å². The van der Waals surface area contributed by atoms with Gasteiger partial charge in [-0.25, -0.2) is 0 Å². The van der Waals surface area contributed by atoms with Gasteiger partial charge in [-0.3, -0.25) is 0 Å². The molecule has 0 aliphatic heterocycles. The molecule has 1 nitrogen and oxygen atoms in total. The molecule has 2 aromatic carbocycles. The van der Waals surface area contributed by atoms with Gasteiger partial charge in [0.2, 0.25) is 0 Å². The lowest BCUT2D eigenvalue weighted by molar-refractivity contribution is 0.693. The van der Waals surface area contributed by atoms with Crippen LogP contribution in [0.3, 0.4) is 0 Å². The highest BCUT2D eigenvalue weighted by molar-refractivity contribution is 5.16. The maximum Gasteiger partial charge on any atom is 0.0626 e. The molecule has 0 aliphatic rings. The summed E-state index contributed by atoms with van der Waals surface area (Å²) in [6.45, 7) is -0.199. The van der Waals surface area contributed by atoms with Crippen LogP contribution in [0.25, 0.3) is 0 Å². The molecule has 0 saturated carbocycles. The molecule has 0 aliphatic carbocycles. The summed E-state index contributed by atoms with van der Waals surface area (Å²) in [6.07, 6.45) is 0. The minimum absolute atomic E-state index is 0.0540. The zero-order chi connectivity index (χ0) is 19.0. The summed E-state index contributed by atoms with van der Waals surface area (Å²) in [6, 6.07) is -4.07. The van der Waals surface area contributed by atoms with Crippen molar-refractivity contribution in [3.05, 3.63) is 71.6 Å². The average Bonchev–Trinajstić information content (AvgIpc) is 2.60. The Morgan fingerprint density at radius 1 is 0.733 bits per heavy atom. The Hall–Kier alpha value is -1.60. The zero-order valence-electron chi connectivity index (χ0n) is 17.9. The molecule has 0 amide bonds. The van der Waals surface area contributed by atoms with Gasteiger partial charge in [0.1, 0.15) is 0 Å². The predicted molar refractivity (Wildman–Crippen MR) is 63.4 cm³/mol. The molecule has 76 valence electrons. The van der Waals surface area contributed by atoms with Crippen LogP contribution in [0.5, 0.6) is 0 Å². The lowest BCUT2D eigenvalue weighted by Crippen LogP contribution is -2.12. The maximum atomic E-state index is 7.83.